The molecule has 1 heterocycles. The average molecular weight is 302 g/mol. The summed E-state index contributed by atoms with van der Waals surface area (Å²) in [5.41, 5.74) is 1.82. The number of aliphatic hydroxyl groups is 1. The topological polar surface area (TPSA) is 33.1 Å². The summed E-state index contributed by atoms with van der Waals surface area (Å²) in [7, 11) is 0. The van der Waals surface area contributed by atoms with Gasteiger partial charge < -0.3 is 5.11 Å². The summed E-state index contributed by atoms with van der Waals surface area (Å²) >= 11 is 5.99. The Balaban J connectivity index is 1.91. The van der Waals surface area contributed by atoms with E-state index in [-0.39, 0.29) is 6.42 Å². The zero-order valence-corrected chi connectivity index (χ0v) is 11.9. The number of aliphatic hydroxyl groups excluding tert-OH is 1. The molecular formula is C17H13ClFNO. The first-order valence-corrected chi connectivity index (χ1v) is 6.98. The fraction of sp³-hybridized carbons (Fsp3) is 0.118. The lowest BCUT2D eigenvalue weighted by Gasteiger charge is -2.13. The normalized spacial score (nSPS) is 12.5. The Bertz CT molecular complexity index is 770. The van der Waals surface area contributed by atoms with Crippen LogP contribution >= 0.6 is 11.6 Å². The maximum Gasteiger partial charge on any atom is 0.127 e. The van der Waals surface area contributed by atoms with Crippen LogP contribution in [0.2, 0.25) is 5.02 Å². The molecule has 3 rings (SSSR count). The largest absolute Gasteiger partial charge is 0.388 e. The molecule has 0 saturated carbocycles. The number of hydrogen-bond donors (Lipinski definition) is 1. The van der Waals surface area contributed by atoms with Gasteiger partial charge in [0, 0.05) is 28.6 Å². The van der Waals surface area contributed by atoms with Gasteiger partial charge in [-0.15, -0.1) is 0 Å². The zero-order chi connectivity index (χ0) is 14.8. The van der Waals surface area contributed by atoms with Crippen molar-refractivity contribution in [3.05, 3.63) is 76.7 Å². The lowest BCUT2D eigenvalue weighted by atomic mass is 10.0. The third-order valence-corrected chi connectivity index (χ3v) is 3.81. The molecule has 4 heteroatoms. The molecule has 2 nitrogen and oxygen atoms in total. The second-order valence-electron chi connectivity index (χ2n) is 4.88. The van der Waals surface area contributed by atoms with E-state index in [1.165, 1.54) is 6.07 Å². The smallest absolute Gasteiger partial charge is 0.127 e. The summed E-state index contributed by atoms with van der Waals surface area (Å²) in [6.07, 6.45) is 0.879. The highest BCUT2D eigenvalue weighted by atomic mass is 35.5. The first-order valence-electron chi connectivity index (χ1n) is 6.61. The Morgan fingerprint density at radius 3 is 2.76 bits per heavy atom. The molecule has 2 aromatic carbocycles. The highest BCUT2D eigenvalue weighted by Crippen LogP contribution is 2.26. The van der Waals surface area contributed by atoms with Gasteiger partial charge in [0.05, 0.1) is 11.6 Å². The van der Waals surface area contributed by atoms with Crippen LogP contribution in [0.25, 0.3) is 10.9 Å². The standard InChI is InChI=1S/C17H13ClFNO/c18-14-5-3-6-15(19)13(14)9-17(21)12-8-11-4-1-2-7-16(11)20-10-12/h1-8,10,17,21H,9H2. The molecule has 0 aliphatic carbocycles. The Kier molecular flexibility index (Phi) is 3.86. The molecule has 0 spiro atoms. The van der Waals surface area contributed by atoms with E-state index in [1.54, 1.807) is 18.3 Å². The number of benzene rings is 2. The summed E-state index contributed by atoms with van der Waals surface area (Å²) in [6, 6.07) is 14.0. The van der Waals surface area contributed by atoms with Crippen molar-refractivity contribution in [3.8, 4) is 0 Å². The summed E-state index contributed by atoms with van der Waals surface area (Å²) in [6.45, 7) is 0. The number of fused-ring (bicyclic) bond motifs is 1. The van der Waals surface area contributed by atoms with Crippen LogP contribution in [-0.2, 0) is 6.42 Å². The second kappa shape index (κ2) is 5.80. The van der Waals surface area contributed by atoms with Crippen LogP contribution in [0.1, 0.15) is 17.2 Å². The van der Waals surface area contributed by atoms with E-state index < -0.39 is 11.9 Å². The maximum absolute atomic E-state index is 13.8. The predicted molar refractivity (Wildman–Crippen MR) is 81.8 cm³/mol. The van der Waals surface area contributed by atoms with E-state index in [2.05, 4.69) is 4.98 Å². The SMILES string of the molecule is OC(Cc1c(F)cccc1Cl)c1cnc2ccccc2c1. The molecular weight excluding hydrogens is 289 g/mol. The minimum atomic E-state index is -0.850. The molecule has 0 aliphatic rings. The summed E-state index contributed by atoms with van der Waals surface area (Å²) in [5.74, 6) is -0.407. The van der Waals surface area contributed by atoms with Crippen molar-refractivity contribution in [2.24, 2.45) is 0 Å². The molecule has 0 radical (unpaired) electrons. The van der Waals surface area contributed by atoms with Gasteiger partial charge in [-0.2, -0.15) is 0 Å². The summed E-state index contributed by atoms with van der Waals surface area (Å²) < 4.78 is 13.8. The number of aromatic nitrogens is 1. The third-order valence-electron chi connectivity index (χ3n) is 3.46. The van der Waals surface area contributed by atoms with Crippen molar-refractivity contribution in [1.29, 1.82) is 0 Å². The number of nitrogens with zero attached hydrogens (tertiary/aromatic N) is 1. The molecule has 0 fully saturated rings. The molecule has 0 saturated heterocycles. The Morgan fingerprint density at radius 1 is 1.14 bits per heavy atom. The molecule has 1 atom stereocenters. The Hall–Kier alpha value is -1.97. The number of halogens is 2. The van der Waals surface area contributed by atoms with Gasteiger partial charge >= 0.3 is 0 Å². The Morgan fingerprint density at radius 2 is 1.95 bits per heavy atom. The number of pyridine rings is 1. The summed E-state index contributed by atoms with van der Waals surface area (Å²) in [4.78, 5) is 4.30. The first-order chi connectivity index (χ1) is 10.1. The van der Waals surface area contributed by atoms with Crippen molar-refractivity contribution < 1.29 is 9.50 Å². The molecule has 0 bridgehead atoms. The van der Waals surface area contributed by atoms with E-state index in [4.69, 9.17) is 11.6 Å². The monoisotopic (exact) mass is 301 g/mol. The van der Waals surface area contributed by atoms with Crippen LogP contribution in [0.4, 0.5) is 4.39 Å². The average Bonchev–Trinajstić information content (AvgIpc) is 2.50. The molecule has 0 amide bonds. The zero-order valence-electron chi connectivity index (χ0n) is 11.1. The van der Waals surface area contributed by atoms with E-state index in [9.17, 15) is 9.50 Å². The lowest BCUT2D eigenvalue weighted by molar-refractivity contribution is 0.177. The van der Waals surface area contributed by atoms with Crippen LogP contribution in [0.15, 0.2) is 54.7 Å². The molecule has 3 aromatic rings. The fourth-order valence-electron chi connectivity index (χ4n) is 2.31. The summed E-state index contributed by atoms with van der Waals surface area (Å²) in [5, 5.41) is 11.6. The Labute approximate surface area is 126 Å². The molecule has 1 N–H and O–H groups in total. The highest BCUT2D eigenvalue weighted by Gasteiger charge is 2.15. The molecule has 0 aliphatic heterocycles. The van der Waals surface area contributed by atoms with Crippen molar-refractivity contribution in [2.45, 2.75) is 12.5 Å². The van der Waals surface area contributed by atoms with Gasteiger partial charge in [-0.25, -0.2) is 4.39 Å². The van der Waals surface area contributed by atoms with Crippen molar-refractivity contribution in [3.63, 3.8) is 0 Å². The molecule has 1 unspecified atom stereocenters. The predicted octanol–water partition coefficient (Wildman–Crippen LogP) is 4.30. The van der Waals surface area contributed by atoms with Gasteiger partial charge in [-0.3, -0.25) is 4.98 Å². The van der Waals surface area contributed by atoms with Gasteiger partial charge in [-0.05, 0) is 29.8 Å². The minimum absolute atomic E-state index is 0.117. The molecule has 1 aromatic heterocycles. The van der Waals surface area contributed by atoms with Gasteiger partial charge in [-0.1, -0.05) is 35.9 Å². The van der Waals surface area contributed by atoms with E-state index in [0.29, 0.717) is 16.1 Å². The molecule has 106 valence electrons. The van der Waals surface area contributed by atoms with Crippen LogP contribution in [-0.4, -0.2) is 10.1 Å². The van der Waals surface area contributed by atoms with Gasteiger partial charge in [0.2, 0.25) is 0 Å². The fourth-order valence-corrected chi connectivity index (χ4v) is 2.55. The number of hydrogen-bond acceptors (Lipinski definition) is 2. The minimum Gasteiger partial charge on any atom is -0.388 e. The number of rotatable bonds is 3. The van der Waals surface area contributed by atoms with Gasteiger partial charge in [0.1, 0.15) is 5.82 Å². The quantitative estimate of drug-likeness (QED) is 0.782. The highest BCUT2D eigenvalue weighted by molar-refractivity contribution is 6.31. The van der Waals surface area contributed by atoms with Crippen molar-refractivity contribution in [1.82, 2.24) is 4.98 Å². The van der Waals surface area contributed by atoms with Crippen LogP contribution in [0.3, 0.4) is 0 Å². The third kappa shape index (κ3) is 2.89. The van der Waals surface area contributed by atoms with Crippen molar-refractivity contribution >= 4 is 22.5 Å². The van der Waals surface area contributed by atoms with E-state index in [0.717, 1.165) is 10.9 Å². The van der Waals surface area contributed by atoms with Gasteiger partial charge in [0.15, 0.2) is 0 Å². The van der Waals surface area contributed by atoms with Crippen molar-refractivity contribution in [2.75, 3.05) is 0 Å². The van der Waals surface area contributed by atoms with E-state index >= 15 is 0 Å². The van der Waals surface area contributed by atoms with Gasteiger partial charge in [0.25, 0.3) is 0 Å². The van der Waals surface area contributed by atoms with Crippen LogP contribution < -0.4 is 0 Å². The van der Waals surface area contributed by atoms with E-state index in [1.807, 2.05) is 30.3 Å². The maximum atomic E-state index is 13.8. The second-order valence-corrected chi connectivity index (χ2v) is 5.29. The lowest BCUT2D eigenvalue weighted by Crippen LogP contribution is -2.05. The van der Waals surface area contributed by atoms with Crippen LogP contribution in [0.5, 0.6) is 0 Å². The first kappa shape index (κ1) is 14.0. The molecule has 21 heavy (non-hydrogen) atoms. The van der Waals surface area contributed by atoms with Crippen LogP contribution in [0, 0.1) is 5.82 Å². The number of para-hydroxylation sites is 1.